The Morgan fingerprint density at radius 1 is 1.06 bits per heavy atom. The van der Waals surface area contributed by atoms with Crippen LogP contribution >= 0.6 is 23.2 Å². The van der Waals surface area contributed by atoms with Gasteiger partial charge in [-0.2, -0.15) is 0 Å². The fraction of sp³-hybridized carbons (Fsp3) is 0.0833. The van der Waals surface area contributed by atoms with Gasteiger partial charge in [-0.15, -0.1) is 0 Å². The van der Waals surface area contributed by atoms with Gasteiger partial charge >= 0.3 is 5.97 Å². The third-order valence-corrected chi connectivity index (χ3v) is 5.19. The van der Waals surface area contributed by atoms with Crippen molar-refractivity contribution in [2.45, 2.75) is 6.61 Å². The summed E-state index contributed by atoms with van der Waals surface area (Å²) in [4.78, 5) is 16.6. The number of hydrogen-bond acceptors (Lipinski definition) is 5. The number of aliphatic imine (C=N–C) groups is 1. The van der Waals surface area contributed by atoms with Crippen LogP contribution in [0.2, 0.25) is 10.0 Å². The Morgan fingerprint density at radius 2 is 1.81 bits per heavy atom. The Labute approximate surface area is 193 Å². The van der Waals surface area contributed by atoms with Crippen LogP contribution in [-0.4, -0.2) is 19.0 Å². The minimum absolute atomic E-state index is 0.0954. The molecule has 8 heteroatoms. The van der Waals surface area contributed by atoms with Crippen LogP contribution in [0, 0.1) is 5.82 Å². The summed E-state index contributed by atoms with van der Waals surface area (Å²) >= 11 is 12.6. The monoisotopic (exact) mass is 471 g/mol. The Hall–Kier alpha value is -3.35. The van der Waals surface area contributed by atoms with Crippen molar-refractivity contribution < 1.29 is 23.4 Å². The van der Waals surface area contributed by atoms with E-state index >= 15 is 0 Å². The topological polar surface area (TPSA) is 57.1 Å². The van der Waals surface area contributed by atoms with Crippen LogP contribution < -0.4 is 9.47 Å². The number of carbonyl (C=O) groups is 1. The first-order chi connectivity index (χ1) is 15.4. The molecule has 0 aromatic heterocycles. The summed E-state index contributed by atoms with van der Waals surface area (Å²) in [6.45, 7) is 0.175. The third-order valence-electron chi connectivity index (χ3n) is 4.58. The summed E-state index contributed by atoms with van der Waals surface area (Å²) in [5.74, 6) is -0.105. The molecule has 0 N–H and O–H groups in total. The first kappa shape index (κ1) is 21.9. The molecule has 0 saturated heterocycles. The molecule has 3 aromatic rings. The lowest BCUT2D eigenvalue weighted by Gasteiger charge is -2.13. The minimum Gasteiger partial charge on any atom is -0.493 e. The average molecular weight is 472 g/mol. The summed E-state index contributed by atoms with van der Waals surface area (Å²) in [6, 6.07) is 16.2. The van der Waals surface area contributed by atoms with Crippen LogP contribution in [0.1, 0.15) is 16.7 Å². The van der Waals surface area contributed by atoms with Crippen molar-refractivity contribution >= 4 is 41.1 Å². The number of nitrogens with zero attached hydrogens (tertiary/aromatic N) is 1. The smallest absolute Gasteiger partial charge is 0.363 e. The van der Waals surface area contributed by atoms with Crippen LogP contribution in [0.5, 0.6) is 11.5 Å². The first-order valence-electron chi connectivity index (χ1n) is 9.47. The van der Waals surface area contributed by atoms with E-state index in [-0.39, 0.29) is 29.0 Å². The van der Waals surface area contributed by atoms with E-state index in [1.165, 1.54) is 25.3 Å². The van der Waals surface area contributed by atoms with Crippen molar-refractivity contribution in [2.24, 2.45) is 4.99 Å². The molecule has 0 saturated carbocycles. The fourth-order valence-corrected chi connectivity index (χ4v) is 3.51. The number of esters is 1. The first-order valence-corrected chi connectivity index (χ1v) is 10.2. The van der Waals surface area contributed by atoms with Gasteiger partial charge in [0.05, 0.1) is 22.7 Å². The molecule has 0 bridgehead atoms. The number of benzene rings is 3. The van der Waals surface area contributed by atoms with Gasteiger partial charge in [0.15, 0.2) is 17.2 Å². The quantitative estimate of drug-likeness (QED) is 0.323. The molecule has 0 unspecified atom stereocenters. The van der Waals surface area contributed by atoms with Gasteiger partial charge in [0.25, 0.3) is 0 Å². The van der Waals surface area contributed by atoms with E-state index in [1.54, 1.807) is 48.5 Å². The molecule has 0 aliphatic carbocycles. The second kappa shape index (κ2) is 9.42. The lowest BCUT2D eigenvalue weighted by molar-refractivity contribution is -0.129. The van der Waals surface area contributed by atoms with Crippen LogP contribution in [0.3, 0.4) is 0 Å². The lowest BCUT2D eigenvalue weighted by atomic mass is 10.1. The van der Waals surface area contributed by atoms with E-state index in [4.69, 9.17) is 37.4 Å². The van der Waals surface area contributed by atoms with Gasteiger partial charge in [-0.25, -0.2) is 14.2 Å². The summed E-state index contributed by atoms with van der Waals surface area (Å²) < 4.78 is 29.5. The molecule has 0 amide bonds. The van der Waals surface area contributed by atoms with Crippen LogP contribution in [0.25, 0.3) is 6.08 Å². The molecule has 0 fully saturated rings. The molecule has 3 aromatic carbocycles. The molecule has 1 aliphatic rings. The molecule has 4 rings (SSSR count). The lowest BCUT2D eigenvalue weighted by Crippen LogP contribution is -2.05. The van der Waals surface area contributed by atoms with Crippen molar-refractivity contribution in [1.29, 1.82) is 0 Å². The second-order valence-electron chi connectivity index (χ2n) is 6.77. The summed E-state index contributed by atoms with van der Waals surface area (Å²) in [7, 11) is 1.48. The van der Waals surface area contributed by atoms with Crippen molar-refractivity contribution in [2.75, 3.05) is 7.11 Å². The van der Waals surface area contributed by atoms with E-state index in [1.807, 2.05) is 0 Å². The maximum absolute atomic E-state index is 13.1. The fourth-order valence-electron chi connectivity index (χ4n) is 3.02. The highest BCUT2D eigenvalue weighted by atomic mass is 35.5. The normalized spacial score (nSPS) is 14.3. The highest BCUT2D eigenvalue weighted by molar-refractivity contribution is 6.34. The number of rotatable bonds is 6. The highest BCUT2D eigenvalue weighted by Crippen LogP contribution is 2.38. The zero-order chi connectivity index (χ0) is 22.7. The van der Waals surface area contributed by atoms with Crippen molar-refractivity contribution in [3.63, 3.8) is 0 Å². The average Bonchev–Trinajstić information content (AvgIpc) is 3.14. The van der Waals surface area contributed by atoms with Crippen LogP contribution in [0.4, 0.5) is 4.39 Å². The van der Waals surface area contributed by atoms with Crippen molar-refractivity contribution in [3.8, 4) is 11.5 Å². The zero-order valence-corrected chi connectivity index (χ0v) is 18.3. The molecule has 32 heavy (non-hydrogen) atoms. The van der Waals surface area contributed by atoms with Gasteiger partial charge in [0.2, 0.25) is 5.90 Å². The Bertz CT molecular complexity index is 1240. The SMILES string of the molecule is COc1cc(/C=C2\N=C(c3ccccc3Cl)OC2=O)cc(Cl)c1OCc1ccc(F)cc1. The predicted octanol–water partition coefficient (Wildman–Crippen LogP) is 6.06. The molecule has 1 heterocycles. The van der Waals surface area contributed by atoms with Crippen molar-refractivity contribution in [3.05, 3.63) is 98.9 Å². The van der Waals surface area contributed by atoms with Gasteiger partial charge in [-0.1, -0.05) is 47.5 Å². The van der Waals surface area contributed by atoms with Gasteiger partial charge < -0.3 is 14.2 Å². The number of halogens is 3. The molecule has 162 valence electrons. The van der Waals surface area contributed by atoms with E-state index in [2.05, 4.69) is 4.99 Å². The second-order valence-corrected chi connectivity index (χ2v) is 7.58. The van der Waals surface area contributed by atoms with E-state index in [0.717, 1.165) is 5.56 Å². The summed E-state index contributed by atoms with van der Waals surface area (Å²) in [6.07, 6.45) is 1.53. The number of ether oxygens (including phenoxy) is 3. The number of methoxy groups -OCH3 is 1. The van der Waals surface area contributed by atoms with E-state index in [9.17, 15) is 9.18 Å². The van der Waals surface area contributed by atoms with E-state index < -0.39 is 5.97 Å². The Balaban J connectivity index is 1.59. The molecule has 5 nitrogen and oxygen atoms in total. The zero-order valence-electron chi connectivity index (χ0n) is 16.8. The Kier molecular flexibility index (Phi) is 6.44. The minimum atomic E-state index is -0.605. The molecule has 1 aliphatic heterocycles. The predicted molar refractivity (Wildman–Crippen MR) is 121 cm³/mol. The van der Waals surface area contributed by atoms with E-state index in [0.29, 0.717) is 27.6 Å². The van der Waals surface area contributed by atoms with Crippen LogP contribution in [-0.2, 0) is 16.1 Å². The van der Waals surface area contributed by atoms with Gasteiger partial charge in [-0.05, 0) is 53.6 Å². The summed E-state index contributed by atoms with van der Waals surface area (Å²) in [5.41, 5.74) is 1.95. The number of carbonyl (C=O) groups excluding carboxylic acids is 1. The van der Waals surface area contributed by atoms with Gasteiger partial charge in [0, 0.05) is 0 Å². The maximum atomic E-state index is 13.1. The van der Waals surface area contributed by atoms with Gasteiger partial charge in [0.1, 0.15) is 12.4 Å². The highest BCUT2D eigenvalue weighted by Gasteiger charge is 2.25. The molecule has 0 radical (unpaired) electrons. The van der Waals surface area contributed by atoms with Crippen molar-refractivity contribution in [1.82, 2.24) is 0 Å². The standard InChI is InChI=1S/C24H16Cl2FNO4/c1-30-21-12-15(10-19(26)22(21)31-13-14-6-8-16(27)9-7-14)11-20-24(29)32-23(28-20)17-4-2-3-5-18(17)25/h2-12H,13H2,1H3/b20-11-. The van der Waals surface area contributed by atoms with Crippen LogP contribution in [0.15, 0.2) is 71.4 Å². The molecular weight excluding hydrogens is 456 g/mol. The largest absolute Gasteiger partial charge is 0.493 e. The van der Waals surface area contributed by atoms with Gasteiger partial charge in [-0.3, -0.25) is 0 Å². The molecular formula is C24H16Cl2FNO4. The Morgan fingerprint density at radius 3 is 2.53 bits per heavy atom. The summed E-state index contributed by atoms with van der Waals surface area (Å²) in [5, 5.41) is 0.702. The maximum Gasteiger partial charge on any atom is 0.363 e. The number of cyclic esters (lactones) is 1. The molecule has 0 spiro atoms. The molecule has 0 atom stereocenters. The third kappa shape index (κ3) is 4.77. The number of hydrogen-bond donors (Lipinski definition) is 0.